The Kier molecular flexibility index (Phi) is 9.19. The molecule has 1 N–H and O–H groups in total. The Morgan fingerprint density at radius 2 is 1.83 bits per heavy atom. The number of hydrogen-bond acceptors (Lipinski definition) is 5. The molecule has 0 atom stereocenters. The molecule has 0 aliphatic carbocycles. The predicted molar refractivity (Wildman–Crippen MR) is 138 cm³/mol. The van der Waals surface area contributed by atoms with Gasteiger partial charge in [-0.05, 0) is 54.4 Å². The number of aryl methyl sites for hydroxylation is 1. The van der Waals surface area contributed by atoms with E-state index >= 15 is 0 Å². The van der Waals surface area contributed by atoms with E-state index in [1.807, 2.05) is 31.2 Å². The zero-order valence-electron chi connectivity index (χ0n) is 19.2. The smallest absolute Gasteiger partial charge is 0.255 e. The second kappa shape index (κ2) is 12.3. The van der Waals surface area contributed by atoms with Crippen LogP contribution in [0.25, 0.3) is 0 Å². The minimum atomic E-state index is -3.98. The van der Waals surface area contributed by atoms with Crippen molar-refractivity contribution in [1.82, 2.24) is 9.73 Å². The molecule has 0 saturated heterocycles. The maximum atomic E-state index is 13.3. The molecule has 1 amide bonds. The molecular formula is C26H26ClN3O4S. The number of rotatable bonds is 11. The Hall–Kier alpha value is -3.46. The molecule has 182 valence electrons. The predicted octanol–water partition coefficient (Wildman–Crippen LogP) is 4.55. The summed E-state index contributed by atoms with van der Waals surface area (Å²) in [7, 11) is -3.98. The Morgan fingerprint density at radius 1 is 1.11 bits per heavy atom. The average Bonchev–Trinajstić information content (AvgIpc) is 2.84. The van der Waals surface area contributed by atoms with Crippen molar-refractivity contribution in [3.8, 4) is 5.75 Å². The summed E-state index contributed by atoms with van der Waals surface area (Å²) < 4.78 is 33.2. The third-order valence-corrected chi connectivity index (χ3v) is 6.94. The Labute approximate surface area is 210 Å². The first kappa shape index (κ1) is 26.2. The van der Waals surface area contributed by atoms with Crippen molar-refractivity contribution >= 4 is 33.7 Å². The van der Waals surface area contributed by atoms with Crippen LogP contribution in [0.1, 0.15) is 16.7 Å². The maximum Gasteiger partial charge on any atom is 0.255 e. The number of halogens is 1. The van der Waals surface area contributed by atoms with Gasteiger partial charge in [0, 0.05) is 11.6 Å². The highest BCUT2D eigenvalue weighted by Gasteiger charge is 2.27. The molecule has 0 radical (unpaired) electrons. The summed E-state index contributed by atoms with van der Waals surface area (Å²) in [6, 6.07) is 20.4. The van der Waals surface area contributed by atoms with E-state index in [2.05, 4.69) is 17.1 Å². The molecule has 0 aliphatic heterocycles. The number of hydrogen-bond donors (Lipinski definition) is 1. The van der Waals surface area contributed by atoms with Gasteiger partial charge in [-0.2, -0.15) is 9.41 Å². The van der Waals surface area contributed by atoms with Crippen LogP contribution in [0.5, 0.6) is 5.75 Å². The van der Waals surface area contributed by atoms with E-state index in [0.29, 0.717) is 22.9 Å². The van der Waals surface area contributed by atoms with E-state index in [1.165, 1.54) is 30.5 Å². The molecule has 0 fully saturated rings. The molecule has 3 rings (SSSR count). The molecule has 0 spiro atoms. The number of nitrogens with one attached hydrogen (secondary N) is 1. The quantitative estimate of drug-likeness (QED) is 0.232. The van der Waals surface area contributed by atoms with Crippen molar-refractivity contribution < 1.29 is 17.9 Å². The van der Waals surface area contributed by atoms with Crippen molar-refractivity contribution in [2.75, 3.05) is 13.2 Å². The van der Waals surface area contributed by atoms with E-state index in [-0.39, 0.29) is 11.4 Å². The van der Waals surface area contributed by atoms with Gasteiger partial charge in [0.15, 0.2) is 0 Å². The van der Waals surface area contributed by atoms with Crippen LogP contribution >= 0.6 is 11.6 Å². The summed E-state index contributed by atoms with van der Waals surface area (Å²) in [5.74, 6) is 0.0588. The van der Waals surface area contributed by atoms with Crippen molar-refractivity contribution in [3.63, 3.8) is 0 Å². The van der Waals surface area contributed by atoms with Gasteiger partial charge in [-0.3, -0.25) is 4.79 Å². The Balaban J connectivity index is 1.74. The average molecular weight is 512 g/mol. The second-order valence-corrected chi connectivity index (χ2v) is 10.1. The molecule has 35 heavy (non-hydrogen) atoms. The molecule has 0 aliphatic rings. The molecule has 9 heteroatoms. The monoisotopic (exact) mass is 511 g/mol. The number of sulfonamides is 1. The van der Waals surface area contributed by atoms with Gasteiger partial charge in [-0.15, -0.1) is 0 Å². The highest BCUT2D eigenvalue weighted by molar-refractivity contribution is 7.89. The van der Waals surface area contributed by atoms with Crippen molar-refractivity contribution in [2.24, 2.45) is 5.10 Å². The number of carbonyl (C=O) groups excluding carboxylic acids is 1. The number of carbonyl (C=O) groups is 1. The molecule has 0 bridgehead atoms. The maximum absolute atomic E-state index is 13.3. The van der Waals surface area contributed by atoms with Crippen LogP contribution in [0.15, 0.2) is 95.4 Å². The lowest BCUT2D eigenvalue weighted by Crippen LogP contribution is -2.39. The van der Waals surface area contributed by atoms with Gasteiger partial charge in [0.1, 0.15) is 12.4 Å². The van der Waals surface area contributed by atoms with Gasteiger partial charge < -0.3 is 4.74 Å². The van der Waals surface area contributed by atoms with Gasteiger partial charge in [0.25, 0.3) is 5.91 Å². The van der Waals surface area contributed by atoms with Gasteiger partial charge in [-0.1, -0.05) is 66.2 Å². The van der Waals surface area contributed by atoms with Crippen LogP contribution in [0.4, 0.5) is 0 Å². The summed E-state index contributed by atoms with van der Waals surface area (Å²) in [5.41, 5.74) is 4.90. The summed E-state index contributed by atoms with van der Waals surface area (Å²) in [5, 5.41) is 4.38. The van der Waals surface area contributed by atoms with Crippen LogP contribution in [-0.2, 0) is 21.4 Å². The molecule has 7 nitrogen and oxygen atoms in total. The minimum absolute atomic E-state index is 0.0189. The summed E-state index contributed by atoms with van der Waals surface area (Å²) in [4.78, 5) is 12.7. The minimum Gasteiger partial charge on any atom is -0.490 e. The molecule has 3 aromatic rings. The van der Waals surface area contributed by atoms with Crippen molar-refractivity contribution in [1.29, 1.82) is 0 Å². The fourth-order valence-corrected chi connectivity index (χ4v) is 4.60. The van der Waals surface area contributed by atoms with E-state index in [1.54, 1.807) is 30.3 Å². The lowest BCUT2D eigenvalue weighted by molar-refractivity contribution is -0.121. The first-order chi connectivity index (χ1) is 16.8. The number of benzene rings is 3. The number of amides is 1. The molecule has 0 unspecified atom stereocenters. The fraction of sp³-hybridized carbons (Fsp3) is 0.154. The summed E-state index contributed by atoms with van der Waals surface area (Å²) in [6.07, 6.45) is 3.10. The lowest BCUT2D eigenvalue weighted by Gasteiger charge is -2.21. The summed E-state index contributed by atoms with van der Waals surface area (Å²) in [6.45, 7) is 5.53. The van der Waals surface area contributed by atoms with Gasteiger partial charge >= 0.3 is 0 Å². The van der Waals surface area contributed by atoms with Gasteiger partial charge in [0.05, 0.1) is 17.7 Å². The standard InChI is InChI=1S/C26H26ClN3O4S/c1-3-15-34-24-6-4-5-22(16-24)17-28-29-26(31)19-30(18-21-9-7-20(2)8-10-21)35(32,33)25-13-11-23(27)12-14-25/h3-14,16-17H,1,15,18-19H2,2H3,(H,29,31)/b28-17-. The van der Waals surface area contributed by atoms with Crippen molar-refractivity contribution in [2.45, 2.75) is 18.4 Å². The summed E-state index contributed by atoms with van der Waals surface area (Å²) >= 11 is 5.91. The van der Waals surface area contributed by atoms with Crippen LogP contribution in [0.3, 0.4) is 0 Å². The molecular weight excluding hydrogens is 486 g/mol. The lowest BCUT2D eigenvalue weighted by atomic mass is 10.1. The highest BCUT2D eigenvalue weighted by Crippen LogP contribution is 2.21. The zero-order valence-corrected chi connectivity index (χ0v) is 20.8. The van der Waals surface area contributed by atoms with Crippen LogP contribution in [0, 0.1) is 6.92 Å². The number of ether oxygens (including phenoxy) is 1. The largest absolute Gasteiger partial charge is 0.490 e. The van der Waals surface area contributed by atoms with E-state index in [4.69, 9.17) is 16.3 Å². The van der Waals surface area contributed by atoms with Crippen LogP contribution in [0.2, 0.25) is 5.02 Å². The molecule has 0 aromatic heterocycles. The van der Waals surface area contributed by atoms with Gasteiger partial charge in [-0.25, -0.2) is 13.8 Å². The normalized spacial score (nSPS) is 11.5. The highest BCUT2D eigenvalue weighted by atomic mass is 35.5. The Morgan fingerprint density at radius 3 is 2.51 bits per heavy atom. The number of nitrogens with zero attached hydrogens (tertiary/aromatic N) is 2. The first-order valence-electron chi connectivity index (χ1n) is 10.7. The third-order valence-electron chi connectivity index (χ3n) is 4.88. The van der Waals surface area contributed by atoms with Crippen LogP contribution < -0.4 is 10.2 Å². The molecule has 0 heterocycles. The van der Waals surface area contributed by atoms with E-state index in [9.17, 15) is 13.2 Å². The topological polar surface area (TPSA) is 88.1 Å². The Bertz CT molecular complexity index is 1290. The third kappa shape index (κ3) is 7.78. The van der Waals surface area contributed by atoms with Crippen LogP contribution in [-0.4, -0.2) is 38.0 Å². The van der Waals surface area contributed by atoms with E-state index in [0.717, 1.165) is 15.4 Å². The zero-order chi connectivity index (χ0) is 25.3. The number of hydrazone groups is 1. The molecule has 0 saturated carbocycles. The fourth-order valence-electron chi connectivity index (χ4n) is 3.09. The van der Waals surface area contributed by atoms with Gasteiger partial charge in [0.2, 0.25) is 10.0 Å². The SMILES string of the molecule is C=CCOc1cccc(/C=N\NC(=O)CN(Cc2ccc(C)cc2)S(=O)(=O)c2ccc(Cl)cc2)c1. The van der Waals surface area contributed by atoms with Crippen molar-refractivity contribution in [3.05, 3.63) is 107 Å². The second-order valence-electron chi connectivity index (χ2n) is 7.68. The first-order valence-corrected chi connectivity index (χ1v) is 12.6. The molecule has 3 aromatic carbocycles. The van der Waals surface area contributed by atoms with E-state index < -0.39 is 22.5 Å².